The van der Waals surface area contributed by atoms with Crippen molar-refractivity contribution in [2.45, 2.75) is 0 Å². The zero-order valence-electron chi connectivity index (χ0n) is 8.62. The van der Waals surface area contributed by atoms with E-state index in [4.69, 9.17) is 0 Å². The van der Waals surface area contributed by atoms with Crippen LogP contribution < -0.4 is 0 Å². The van der Waals surface area contributed by atoms with Crippen molar-refractivity contribution in [2.75, 3.05) is 0 Å². The second-order valence-electron chi connectivity index (χ2n) is 4.13. The fraction of sp³-hybridized carbons (Fsp3) is 0. The maximum Gasteiger partial charge on any atom is -0.0000483 e. The Morgan fingerprint density at radius 3 is 2.62 bits per heavy atom. The summed E-state index contributed by atoms with van der Waals surface area (Å²) >= 11 is 0. The van der Waals surface area contributed by atoms with Crippen molar-refractivity contribution in [3.8, 4) is 0 Å². The fourth-order valence-corrected chi connectivity index (χ4v) is 2.49. The quantitative estimate of drug-likeness (QED) is 0.378. The van der Waals surface area contributed by atoms with E-state index in [0.717, 1.165) is 0 Å². The van der Waals surface area contributed by atoms with Gasteiger partial charge in [0.05, 0.1) is 0 Å². The van der Waals surface area contributed by atoms with Crippen molar-refractivity contribution in [1.82, 2.24) is 0 Å². The molecule has 1 aliphatic carbocycles. The van der Waals surface area contributed by atoms with E-state index in [1.807, 2.05) is 0 Å². The molecule has 0 spiro atoms. The lowest BCUT2D eigenvalue weighted by molar-refractivity contribution is 1.70. The predicted molar refractivity (Wildman–Crippen MR) is 66.1 cm³/mol. The molecule has 72 valence electrons. The molecule has 0 fully saturated rings. The Labute approximate surface area is 93.8 Å². The van der Waals surface area contributed by atoms with Gasteiger partial charge in [0, 0.05) is 0 Å². The molecule has 0 unspecified atom stereocenters. The molecule has 4 rings (SSSR count). The van der Waals surface area contributed by atoms with Crippen LogP contribution in [0.15, 0.2) is 48.5 Å². The van der Waals surface area contributed by atoms with Crippen molar-refractivity contribution in [1.29, 1.82) is 0 Å². The molecule has 3 aromatic carbocycles. The van der Waals surface area contributed by atoms with Crippen LogP contribution in [0.4, 0.5) is 0 Å². The molecule has 3 aromatic rings. The highest BCUT2D eigenvalue weighted by Crippen LogP contribution is 2.34. The maximum atomic E-state index is 3.27. The summed E-state index contributed by atoms with van der Waals surface area (Å²) in [6, 6.07) is 17.0. The summed E-state index contributed by atoms with van der Waals surface area (Å²) < 4.78 is 0. The normalized spacial score (nSPS) is 12.8. The molecule has 0 N–H and O–H groups in total. The Balaban J connectivity index is 2.38. The topological polar surface area (TPSA) is 0 Å². The van der Waals surface area contributed by atoms with E-state index in [1.165, 1.54) is 32.7 Å². The first-order valence-corrected chi connectivity index (χ1v) is 5.40. The van der Waals surface area contributed by atoms with Crippen LogP contribution in [-0.4, -0.2) is 0 Å². The van der Waals surface area contributed by atoms with E-state index >= 15 is 0 Å². The first-order valence-electron chi connectivity index (χ1n) is 5.40. The Hall–Kier alpha value is -2.08. The number of rotatable bonds is 0. The summed E-state index contributed by atoms with van der Waals surface area (Å²) in [7, 11) is 0. The molecule has 0 aromatic heterocycles. The summed E-state index contributed by atoms with van der Waals surface area (Å²) in [5, 5.41) is 5.12. The van der Waals surface area contributed by atoms with Gasteiger partial charge < -0.3 is 0 Å². The molecule has 0 bridgehead atoms. The number of benzene rings is 3. The second kappa shape index (κ2) is 2.73. The predicted octanol–water partition coefficient (Wildman–Crippen LogP) is 3.87. The van der Waals surface area contributed by atoms with E-state index < -0.39 is 0 Å². The lowest BCUT2D eigenvalue weighted by atomic mass is 9.98. The standard InChI is InChI=1S/C16H8/c1-2-7-14-12(4-1)10-13-6-3-5-11-8-9-15(14)16(11)13/h1-7,10H. The minimum Gasteiger partial charge on any atom is -0.0616 e. The van der Waals surface area contributed by atoms with E-state index in [9.17, 15) is 0 Å². The molecule has 0 heterocycles. The van der Waals surface area contributed by atoms with Gasteiger partial charge in [-0.15, -0.1) is 0 Å². The van der Waals surface area contributed by atoms with Crippen molar-refractivity contribution in [3.05, 3.63) is 71.8 Å². The zero-order valence-corrected chi connectivity index (χ0v) is 8.62. The molecule has 0 aliphatic heterocycles. The molecule has 0 nitrogen and oxygen atoms in total. The lowest BCUT2D eigenvalue weighted by Crippen LogP contribution is -1.82. The molecular weight excluding hydrogens is 192 g/mol. The first-order chi connectivity index (χ1) is 7.93. The molecule has 0 heteroatoms. The number of fused-ring (bicyclic) bond motifs is 2. The van der Waals surface area contributed by atoms with Gasteiger partial charge in [-0.2, -0.15) is 0 Å². The van der Waals surface area contributed by atoms with Gasteiger partial charge in [-0.25, -0.2) is 0 Å². The van der Waals surface area contributed by atoms with E-state index in [2.05, 4.69) is 60.7 Å². The van der Waals surface area contributed by atoms with Gasteiger partial charge in [-0.3, -0.25) is 0 Å². The van der Waals surface area contributed by atoms with Gasteiger partial charge >= 0.3 is 0 Å². The second-order valence-corrected chi connectivity index (χ2v) is 4.13. The first kappa shape index (κ1) is 8.12. The van der Waals surface area contributed by atoms with E-state index in [1.54, 1.807) is 0 Å². The third kappa shape index (κ3) is 0.892. The molecule has 0 atom stereocenters. The molecular formula is C16H8. The Morgan fingerprint density at radius 1 is 0.750 bits per heavy atom. The summed E-state index contributed by atoms with van der Waals surface area (Å²) in [6.07, 6.45) is 6.48. The molecule has 0 saturated heterocycles. The highest BCUT2D eigenvalue weighted by molar-refractivity contribution is 6.06. The molecule has 16 heavy (non-hydrogen) atoms. The average Bonchev–Trinajstić information content (AvgIpc) is 2.76. The van der Waals surface area contributed by atoms with Crippen LogP contribution in [0, 0.1) is 12.2 Å². The number of hydrogen-bond donors (Lipinski definition) is 0. The Morgan fingerprint density at radius 2 is 1.62 bits per heavy atom. The van der Waals surface area contributed by atoms with Gasteiger partial charge in [-0.1, -0.05) is 42.5 Å². The minimum absolute atomic E-state index is 1.17. The van der Waals surface area contributed by atoms with Crippen LogP contribution in [0.3, 0.4) is 0 Å². The third-order valence-corrected chi connectivity index (χ3v) is 3.21. The molecule has 1 aliphatic rings. The van der Waals surface area contributed by atoms with Crippen LogP contribution in [0.1, 0.15) is 11.1 Å². The summed E-state index contributed by atoms with van der Waals surface area (Å²) in [4.78, 5) is 0. The third-order valence-electron chi connectivity index (χ3n) is 3.21. The largest absolute Gasteiger partial charge is 0.0616 e. The van der Waals surface area contributed by atoms with Crippen molar-refractivity contribution in [2.24, 2.45) is 0 Å². The van der Waals surface area contributed by atoms with Gasteiger partial charge in [0.1, 0.15) is 0 Å². The van der Waals surface area contributed by atoms with E-state index in [-0.39, 0.29) is 0 Å². The highest BCUT2D eigenvalue weighted by Gasteiger charge is 2.12. The number of hydrogen-bond acceptors (Lipinski definition) is 0. The van der Waals surface area contributed by atoms with Gasteiger partial charge in [0.2, 0.25) is 0 Å². The summed E-state index contributed by atoms with van der Waals surface area (Å²) in [5.74, 6) is 0. The average molecular weight is 200 g/mol. The van der Waals surface area contributed by atoms with Crippen LogP contribution in [0.25, 0.3) is 21.5 Å². The van der Waals surface area contributed by atoms with Crippen LogP contribution in [-0.2, 0) is 0 Å². The van der Waals surface area contributed by atoms with Crippen molar-refractivity contribution >= 4 is 21.5 Å². The minimum atomic E-state index is 1.17. The van der Waals surface area contributed by atoms with Crippen LogP contribution in [0.5, 0.6) is 0 Å². The van der Waals surface area contributed by atoms with Crippen molar-refractivity contribution < 1.29 is 0 Å². The Bertz CT molecular complexity index is 748. The van der Waals surface area contributed by atoms with E-state index in [0.29, 0.717) is 0 Å². The van der Waals surface area contributed by atoms with Crippen LogP contribution in [0.2, 0.25) is 0 Å². The maximum absolute atomic E-state index is 3.27. The SMILES string of the molecule is [C]1=[C]c2c3ccccc3cc3cccc1c23. The lowest BCUT2D eigenvalue weighted by Gasteiger charge is -2.06. The van der Waals surface area contributed by atoms with Gasteiger partial charge in [0.25, 0.3) is 0 Å². The van der Waals surface area contributed by atoms with Gasteiger partial charge in [0.15, 0.2) is 0 Å². The monoisotopic (exact) mass is 200 g/mol. The smallest absolute Gasteiger partial charge is 0.0000483 e. The molecule has 0 amide bonds. The van der Waals surface area contributed by atoms with Crippen molar-refractivity contribution in [3.63, 3.8) is 0 Å². The van der Waals surface area contributed by atoms with Crippen LogP contribution >= 0.6 is 0 Å². The summed E-state index contributed by atoms with van der Waals surface area (Å²) in [6.45, 7) is 0. The molecule has 0 saturated carbocycles. The molecule has 2 radical (unpaired) electrons. The fourth-order valence-electron chi connectivity index (χ4n) is 2.49. The Kier molecular flexibility index (Phi) is 1.39. The van der Waals surface area contributed by atoms with Gasteiger partial charge in [-0.05, 0) is 50.9 Å². The summed E-state index contributed by atoms with van der Waals surface area (Å²) in [5.41, 5.74) is 2.36. The zero-order chi connectivity index (χ0) is 10.5. The highest BCUT2D eigenvalue weighted by atomic mass is 14.1.